The first kappa shape index (κ1) is 14.8. The van der Waals surface area contributed by atoms with Crippen molar-refractivity contribution in [2.75, 3.05) is 13.1 Å². The molecule has 22 heavy (non-hydrogen) atoms. The fourth-order valence-electron chi connectivity index (χ4n) is 2.91. The summed E-state index contributed by atoms with van der Waals surface area (Å²) < 4.78 is 1.35. The molecule has 2 atom stereocenters. The fraction of sp³-hybridized carbons (Fsp3) is 0.500. The number of hydrogen-bond acceptors (Lipinski definition) is 3. The van der Waals surface area contributed by atoms with Crippen LogP contribution >= 0.6 is 0 Å². The molecular weight excluding hydrogens is 282 g/mol. The highest BCUT2D eigenvalue weighted by molar-refractivity contribution is 5.79. The second-order valence-corrected chi connectivity index (χ2v) is 6.40. The van der Waals surface area contributed by atoms with Crippen LogP contribution in [0.5, 0.6) is 0 Å². The summed E-state index contributed by atoms with van der Waals surface area (Å²) in [6.45, 7) is 4.78. The minimum atomic E-state index is -0.727. The molecule has 0 aliphatic carbocycles. The van der Waals surface area contributed by atoms with Gasteiger partial charge in [0.2, 0.25) is 5.91 Å². The predicted molar refractivity (Wildman–Crippen MR) is 83.5 cm³/mol. The quantitative estimate of drug-likeness (QED) is 0.867. The number of carbonyl (C=O) groups is 1. The maximum Gasteiger partial charge on any atom is 0.274 e. The minimum Gasteiger partial charge on any atom is -0.390 e. The largest absolute Gasteiger partial charge is 0.390 e. The average Bonchev–Trinajstić information content (AvgIpc) is 2.79. The SMILES string of the molecule is C[C@@H]1CN(C(=O)Cn2[nH]c3ccccc3c2=O)CC[C@]1(C)O. The molecule has 1 amide bonds. The summed E-state index contributed by atoms with van der Waals surface area (Å²) in [6, 6.07) is 7.21. The Balaban J connectivity index is 1.77. The molecule has 118 valence electrons. The van der Waals surface area contributed by atoms with Crippen LogP contribution in [0.3, 0.4) is 0 Å². The van der Waals surface area contributed by atoms with Gasteiger partial charge in [-0.25, -0.2) is 4.68 Å². The lowest BCUT2D eigenvalue weighted by Gasteiger charge is -2.41. The predicted octanol–water partition coefficient (Wildman–Crippen LogP) is 0.949. The number of piperidine rings is 1. The third-order valence-corrected chi connectivity index (χ3v) is 4.75. The molecule has 1 aromatic carbocycles. The lowest BCUT2D eigenvalue weighted by atomic mass is 9.84. The highest BCUT2D eigenvalue weighted by Gasteiger charge is 2.36. The lowest BCUT2D eigenvalue weighted by Crippen LogP contribution is -2.51. The van der Waals surface area contributed by atoms with E-state index in [4.69, 9.17) is 0 Å². The van der Waals surface area contributed by atoms with Gasteiger partial charge >= 0.3 is 0 Å². The van der Waals surface area contributed by atoms with Crippen molar-refractivity contribution in [3.8, 4) is 0 Å². The second kappa shape index (κ2) is 5.28. The molecular formula is C16H21N3O3. The van der Waals surface area contributed by atoms with E-state index >= 15 is 0 Å². The molecule has 1 fully saturated rings. The molecule has 3 rings (SSSR count). The van der Waals surface area contributed by atoms with E-state index in [1.165, 1.54) is 4.68 Å². The normalized spacial score (nSPS) is 25.6. The van der Waals surface area contributed by atoms with Crippen molar-refractivity contribution in [3.05, 3.63) is 34.6 Å². The Bertz CT molecular complexity index is 759. The first-order valence-electron chi connectivity index (χ1n) is 7.56. The molecule has 2 heterocycles. The van der Waals surface area contributed by atoms with Crippen molar-refractivity contribution >= 4 is 16.8 Å². The number of carbonyl (C=O) groups excluding carboxylic acids is 1. The molecule has 2 aromatic rings. The number of benzene rings is 1. The van der Waals surface area contributed by atoms with E-state index in [2.05, 4.69) is 5.10 Å². The van der Waals surface area contributed by atoms with Crippen LogP contribution in [0.25, 0.3) is 10.9 Å². The van der Waals surface area contributed by atoms with Crippen molar-refractivity contribution < 1.29 is 9.90 Å². The van der Waals surface area contributed by atoms with Crippen LogP contribution in [0.15, 0.2) is 29.1 Å². The third-order valence-electron chi connectivity index (χ3n) is 4.75. The van der Waals surface area contributed by atoms with Crippen LogP contribution in [0, 0.1) is 5.92 Å². The number of aromatic nitrogens is 2. The maximum absolute atomic E-state index is 12.4. The highest BCUT2D eigenvalue weighted by atomic mass is 16.3. The van der Waals surface area contributed by atoms with E-state index in [1.807, 2.05) is 26.0 Å². The molecule has 0 spiro atoms. The summed E-state index contributed by atoms with van der Waals surface area (Å²) in [5.41, 5.74) is -0.175. The van der Waals surface area contributed by atoms with Gasteiger partial charge in [0.1, 0.15) is 6.54 Å². The van der Waals surface area contributed by atoms with Gasteiger partial charge in [0, 0.05) is 19.0 Å². The van der Waals surface area contributed by atoms with Gasteiger partial charge < -0.3 is 10.0 Å². The lowest BCUT2D eigenvalue weighted by molar-refractivity contribution is -0.139. The Morgan fingerprint density at radius 3 is 2.86 bits per heavy atom. The van der Waals surface area contributed by atoms with Crippen LogP contribution in [0.4, 0.5) is 0 Å². The van der Waals surface area contributed by atoms with E-state index in [9.17, 15) is 14.7 Å². The fourth-order valence-corrected chi connectivity index (χ4v) is 2.91. The number of amides is 1. The highest BCUT2D eigenvalue weighted by Crippen LogP contribution is 2.27. The summed E-state index contributed by atoms with van der Waals surface area (Å²) >= 11 is 0. The topological polar surface area (TPSA) is 78.3 Å². The van der Waals surface area contributed by atoms with E-state index in [0.717, 1.165) is 5.52 Å². The Kier molecular flexibility index (Phi) is 3.56. The molecule has 2 N–H and O–H groups in total. The Morgan fingerprint density at radius 1 is 1.45 bits per heavy atom. The molecule has 6 nitrogen and oxygen atoms in total. The van der Waals surface area contributed by atoms with E-state index in [1.54, 1.807) is 17.0 Å². The summed E-state index contributed by atoms with van der Waals surface area (Å²) in [7, 11) is 0. The van der Waals surface area contributed by atoms with Gasteiger partial charge in [-0.05, 0) is 25.5 Å². The Morgan fingerprint density at radius 2 is 2.18 bits per heavy atom. The van der Waals surface area contributed by atoms with Gasteiger partial charge in [-0.15, -0.1) is 0 Å². The summed E-state index contributed by atoms with van der Waals surface area (Å²) in [6.07, 6.45) is 0.557. The molecule has 1 aliphatic heterocycles. The average molecular weight is 303 g/mol. The number of rotatable bonds is 2. The number of nitrogens with zero attached hydrogens (tertiary/aromatic N) is 2. The minimum absolute atomic E-state index is 0.00236. The molecule has 1 saturated heterocycles. The van der Waals surface area contributed by atoms with Crippen molar-refractivity contribution in [2.24, 2.45) is 5.92 Å². The standard InChI is InChI=1S/C16H21N3O3/c1-11-9-18(8-7-16(11,2)22)14(20)10-19-15(21)12-5-3-4-6-13(12)17-19/h3-6,11,17,22H,7-10H2,1-2H3/t11-,16+/m1/s1. The zero-order chi connectivity index (χ0) is 15.9. The number of likely N-dealkylation sites (tertiary alicyclic amines) is 1. The zero-order valence-electron chi connectivity index (χ0n) is 12.9. The van der Waals surface area contributed by atoms with Crippen molar-refractivity contribution in [1.29, 1.82) is 0 Å². The number of nitrogens with one attached hydrogen (secondary N) is 1. The first-order chi connectivity index (χ1) is 10.4. The van der Waals surface area contributed by atoms with E-state index in [0.29, 0.717) is 24.9 Å². The second-order valence-electron chi connectivity index (χ2n) is 6.40. The van der Waals surface area contributed by atoms with Gasteiger partial charge in [0.05, 0.1) is 16.5 Å². The first-order valence-corrected chi connectivity index (χ1v) is 7.56. The van der Waals surface area contributed by atoms with Crippen molar-refractivity contribution in [3.63, 3.8) is 0 Å². The maximum atomic E-state index is 12.4. The van der Waals surface area contributed by atoms with Crippen molar-refractivity contribution in [2.45, 2.75) is 32.4 Å². The molecule has 0 saturated carbocycles. The molecule has 1 aromatic heterocycles. The number of para-hydroxylation sites is 1. The molecule has 1 aliphatic rings. The van der Waals surface area contributed by atoms with Crippen molar-refractivity contribution in [1.82, 2.24) is 14.7 Å². The number of aliphatic hydroxyl groups is 1. The Labute approximate surface area is 128 Å². The summed E-state index contributed by atoms with van der Waals surface area (Å²) in [4.78, 5) is 26.4. The molecule has 6 heteroatoms. The number of hydrogen-bond donors (Lipinski definition) is 2. The van der Waals surface area contributed by atoms with Crippen LogP contribution in [-0.2, 0) is 11.3 Å². The van der Waals surface area contributed by atoms with Crippen LogP contribution in [-0.4, -0.2) is 44.4 Å². The number of aromatic amines is 1. The van der Waals surface area contributed by atoms with Gasteiger partial charge in [-0.3, -0.25) is 14.7 Å². The number of fused-ring (bicyclic) bond motifs is 1. The third kappa shape index (κ3) is 2.54. The molecule has 0 radical (unpaired) electrons. The van der Waals surface area contributed by atoms with Gasteiger partial charge in [0.15, 0.2) is 0 Å². The Hall–Kier alpha value is -2.08. The molecule has 0 unspecified atom stereocenters. The number of H-pyrrole nitrogens is 1. The smallest absolute Gasteiger partial charge is 0.274 e. The van der Waals surface area contributed by atoms with Crippen LogP contribution < -0.4 is 5.56 Å². The summed E-state index contributed by atoms with van der Waals surface area (Å²) in [5, 5.41) is 13.7. The van der Waals surface area contributed by atoms with Gasteiger partial charge in [0.25, 0.3) is 5.56 Å². The van der Waals surface area contributed by atoms with Gasteiger partial charge in [-0.1, -0.05) is 19.1 Å². The monoisotopic (exact) mass is 303 g/mol. The zero-order valence-corrected chi connectivity index (χ0v) is 12.9. The van der Waals surface area contributed by atoms with Crippen LogP contribution in [0.2, 0.25) is 0 Å². The van der Waals surface area contributed by atoms with E-state index in [-0.39, 0.29) is 23.9 Å². The van der Waals surface area contributed by atoms with E-state index < -0.39 is 5.60 Å². The summed E-state index contributed by atoms with van der Waals surface area (Å²) in [5.74, 6) is -0.0827. The van der Waals surface area contributed by atoms with Gasteiger partial charge in [-0.2, -0.15) is 0 Å². The molecule has 0 bridgehead atoms. The van der Waals surface area contributed by atoms with Crippen LogP contribution in [0.1, 0.15) is 20.3 Å².